The van der Waals surface area contributed by atoms with Crippen LogP contribution in [0.15, 0.2) is 0 Å². The van der Waals surface area contributed by atoms with Crippen molar-refractivity contribution in [2.45, 2.75) is 39.7 Å². The first-order valence-corrected chi connectivity index (χ1v) is 7.15. The van der Waals surface area contributed by atoms with Gasteiger partial charge in [0.05, 0.1) is 0 Å². The highest BCUT2D eigenvalue weighted by atomic mass is 16.2. The molecule has 0 aromatic carbocycles. The van der Waals surface area contributed by atoms with E-state index in [0.717, 1.165) is 49.0 Å². The minimum absolute atomic E-state index is 0.0585. The molecule has 0 aliphatic carbocycles. The Balaban J connectivity index is 2.38. The molecule has 0 radical (unpaired) electrons. The number of carbonyl (C=O) groups excluding carboxylic acids is 1. The zero-order chi connectivity index (χ0) is 14.7. The summed E-state index contributed by atoms with van der Waals surface area (Å²) in [6.45, 7) is 7.61. The van der Waals surface area contributed by atoms with Gasteiger partial charge >= 0.3 is 0 Å². The monoisotopic (exact) mass is 277 g/mol. The Morgan fingerprint density at radius 1 is 1.40 bits per heavy atom. The van der Waals surface area contributed by atoms with Gasteiger partial charge < -0.3 is 15.5 Å². The van der Waals surface area contributed by atoms with E-state index in [9.17, 15) is 4.79 Å². The number of hydrogen-bond acceptors (Lipinski definition) is 5. The standard InChI is InChI=1S/C14H23N5O/c1-5-16-12-9(2)13(18-10(3)17-12)19-8-6-7-11(19)14(20)15-4/h11H,5-8H2,1-4H3,(H,15,20)(H,16,17,18). The predicted octanol–water partition coefficient (Wildman–Crippen LogP) is 1.24. The number of rotatable bonds is 4. The Bertz CT molecular complexity index is 503. The second-order valence-electron chi connectivity index (χ2n) is 5.06. The average Bonchev–Trinajstić information content (AvgIpc) is 2.91. The minimum atomic E-state index is -0.123. The van der Waals surface area contributed by atoms with Crippen LogP contribution in [-0.4, -0.2) is 42.1 Å². The molecule has 0 spiro atoms. The van der Waals surface area contributed by atoms with E-state index >= 15 is 0 Å². The Hall–Kier alpha value is -1.85. The van der Waals surface area contributed by atoms with Crippen LogP contribution >= 0.6 is 0 Å². The molecule has 20 heavy (non-hydrogen) atoms. The second-order valence-corrected chi connectivity index (χ2v) is 5.06. The van der Waals surface area contributed by atoms with Gasteiger partial charge in [0.25, 0.3) is 0 Å². The first kappa shape index (κ1) is 14.6. The van der Waals surface area contributed by atoms with Crippen LogP contribution in [0.5, 0.6) is 0 Å². The van der Waals surface area contributed by atoms with E-state index < -0.39 is 0 Å². The molecule has 110 valence electrons. The van der Waals surface area contributed by atoms with Crippen molar-refractivity contribution in [1.29, 1.82) is 0 Å². The van der Waals surface area contributed by atoms with Gasteiger partial charge in [-0.1, -0.05) is 0 Å². The Labute approximate surface area is 120 Å². The van der Waals surface area contributed by atoms with Gasteiger partial charge in [-0.05, 0) is 33.6 Å². The van der Waals surface area contributed by atoms with Gasteiger partial charge in [-0.25, -0.2) is 9.97 Å². The lowest BCUT2D eigenvalue weighted by molar-refractivity contribution is -0.121. The smallest absolute Gasteiger partial charge is 0.242 e. The van der Waals surface area contributed by atoms with Crippen LogP contribution in [0.2, 0.25) is 0 Å². The van der Waals surface area contributed by atoms with Crippen LogP contribution in [0.25, 0.3) is 0 Å². The third kappa shape index (κ3) is 2.69. The molecule has 0 saturated carbocycles. The second kappa shape index (κ2) is 6.07. The third-order valence-corrected chi connectivity index (χ3v) is 3.65. The van der Waals surface area contributed by atoms with Gasteiger partial charge in [-0.15, -0.1) is 0 Å². The average molecular weight is 277 g/mol. The predicted molar refractivity (Wildman–Crippen MR) is 80.1 cm³/mol. The van der Waals surface area contributed by atoms with Crippen molar-refractivity contribution in [2.75, 3.05) is 30.4 Å². The zero-order valence-electron chi connectivity index (χ0n) is 12.7. The quantitative estimate of drug-likeness (QED) is 0.866. The number of anilines is 2. The van der Waals surface area contributed by atoms with Crippen molar-refractivity contribution in [1.82, 2.24) is 15.3 Å². The normalized spacial score (nSPS) is 18.2. The molecule has 0 bridgehead atoms. The van der Waals surface area contributed by atoms with Gasteiger partial charge in [0.1, 0.15) is 23.5 Å². The molecule has 1 amide bonds. The van der Waals surface area contributed by atoms with Crippen molar-refractivity contribution in [3.8, 4) is 0 Å². The van der Waals surface area contributed by atoms with Crippen molar-refractivity contribution in [3.05, 3.63) is 11.4 Å². The fraction of sp³-hybridized carbons (Fsp3) is 0.643. The lowest BCUT2D eigenvalue weighted by atomic mass is 10.2. The summed E-state index contributed by atoms with van der Waals surface area (Å²) >= 11 is 0. The Kier molecular flexibility index (Phi) is 4.42. The van der Waals surface area contributed by atoms with Crippen molar-refractivity contribution in [2.24, 2.45) is 0 Å². The van der Waals surface area contributed by atoms with Crippen LogP contribution in [0.4, 0.5) is 11.6 Å². The lowest BCUT2D eigenvalue weighted by Crippen LogP contribution is -2.42. The number of aryl methyl sites for hydroxylation is 1. The molecule has 1 fully saturated rings. The summed E-state index contributed by atoms with van der Waals surface area (Å²) in [7, 11) is 1.68. The fourth-order valence-corrected chi connectivity index (χ4v) is 2.69. The SMILES string of the molecule is CCNc1nc(C)nc(N2CCCC2C(=O)NC)c1C. The van der Waals surface area contributed by atoms with Gasteiger partial charge in [-0.3, -0.25) is 4.79 Å². The maximum Gasteiger partial charge on any atom is 0.242 e. The number of carbonyl (C=O) groups is 1. The zero-order valence-corrected chi connectivity index (χ0v) is 12.7. The summed E-state index contributed by atoms with van der Waals surface area (Å²) in [5.41, 5.74) is 1.01. The maximum atomic E-state index is 12.0. The topological polar surface area (TPSA) is 70.2 Å². The number of likely N-dealkylation sites (N-methyl/N-ethyl adjacent to an activating group) is 1. The highest BCUT2D eigenvalue weighted by Gasteiger charge is 2.32. The molecule has 6 heteroatoms. The largest absolute Gasteiger partial charge is 0.370 e. The highest BCUT2D eigenvalue weighted by molar-refractivity contribution is 5.85. The molecule has 2 rings (SSSR count). The third-order valence-electron chi connectivity index (χ3n) is 3.65. The summed E-state index contributed by atoms with van der Waals surface area (Å²) in [6, 6.07) is -0.123. The van der Waals surface area contributed by atoms with Crippen LogP contribution in [0.1, 0.15) is 31.2 Å². The van der Waals surface area contributed by atoms with Crippen molar-refractivity contribution < 1.29 is 4.79 Å². The van der Waals surface area contributed by atoms with Gasteiger partial charge in [0.2, 0.25) is 5.91 Å². The molecule has 1 atom stereocenters. The summed E-state index contributed by atoms with van der Waals surface area (Å²) in [4.78, 5) is 23.1. The molecule has 2 heterocycles. The molecular formula is C14H23N5O. The minimum Gasteiger partial charge on any atom is -0.370 e. The summed E-state index contributed by atoms with van der Waals surface area (Å²) < 4.78 is 0. The van der Waals surface area contributed by atoms with Crippen molar-refractivity contribution >= 4 is 17.5 Å². The molecule has 1 aromatic rings. The number of nitrogens with zero attached hydrogens (tertiary/aromatic N) is 3. The lowest BCUT2D eigenvalue weighted by Gasteiger charge is -2.26. The van der Waals surface area contributed by atoms with E-state index in [0.29, 0.717) is 0 Å². The summed E-state index contributed by atoms with van der Waals surface area (Å²) in [6.07, 6.45) is 1.88. The Morgan fingerprint density at radius 3 is 2.80 bits per heavy atom. The Morgan fingerprint density at radius 2 is 2.15 bits per heavy atom. The molecule has 2 N–H and O–H groups in total. The molecule has 1 unspecified atom stereocenters. The van der Waals surface area contributed by atoms with E-state index in [-0.39, 0.29) is 11.9 Å². The molecular weight excluding hydrogens is 254 g/mol. The molecule has 1 saturated heterocycles. The van der Waals surface area contributed by atoms with Gasteiger partial charge in [0, 0.05) is 25.7 Å². The number of aromatic nitrogens is 2. The number of nitrogens with one attached hydrogen (secondary N) is 2. The van der Waals surface area contributed by atoms with Crippen LogP contribution in [0, 0.1) is 13.8 Å². The number of hydrogen-bond donors (Lipinski definition) is 2. The van der Waals surface area contributed by atoms with E-state index in [1.165, 1.54) is 0 Å². The van der Waals surface area contributed by atoms with Gasteiger partial charge in [-0.2, -0.15) is 0 Å². The van der Waals surface area contributed by atoms with Crippen LogP contribution in [-0.2, 0) is 4.79 Å². The number of amides is 1. The first-order chi connectivity index (χ1) is 9.58. The summed E-state index contributed by atoms with van der Waals surface area (Å²) in [5.74, 6) is 2.52. The molecule has 6 nitrogen and oxygen atoms in total. The van der Waals surface area contributed by atoms with Gasteiger partial charge in [0.15, 0.2) is 0 Å². The highest BCUT2D eigenvalue weighted by Crippen LogP contribution is 2.29. The van der Waals surface area contributed by atoms with E-state index in [1.807, 2.05) is 20.8 Å². The summed E-state index contributed by atoms with van der Waals surface area (Å²) in [5, 5.41) is 6.00. The molecule has 1 aliphatic heterocycles. The van der Waals surface area contributed by atoms with Crippen LogP contribution < -0.4 is 15.5 Å². The molecule has 1 aromatic heterocycles. The molecule has 1 aliphatic rings. The maximum absolute atomic E-state index is 12.0. The van der Waals surface area contributed by atoms with E-state index in [4.69, 9.17) is 0 Å². The van der Waals surface area contributed by atoms with E-state index in [2.05, 4.69) is 25.5 Å². The van der Waals surface area contributed by atoms with E-state index in [1.54, 1.807) is 7.05 Å². The fourth-order valence-electron chi connectivity index (χ4n) is 2.69. The first-order valence-electron chi connectivity index (χ1n) is 7.15. The van der Waals surface area contributed by atoms with Crippen molar-refractivity contribution in [3.63, 3.8) is 0 Å². The van der Waals surface area contributed by atoms with Crippen LogP contribution in [0.3, 0.4) is 0 Å².